The summed E-state index contributed by atoms with van der Waals surface area (Å²) in [4.78, 5) is 12.7. The zero-order valence-corrected chi connectivity index (χ0v) is 15.4. The highest BCUT2D eigenvalue weighted by Crippen LogP contribution is 2.39. The molecular formula is C20H23NO5. The van der Waals surface area contributed by atoms with Gasteiger partial charge < -0.3 is 24.3 Å². The first-order chi connectivity index (χ1) is 12.6. The Bertz CT molecular complexity index is 796. The fraction of sp³-hybridized carbons (Fsp3) is 0.350. The van der Waals surface area contributed by atoms with Gasteiger partial charge in [-0.25, -0.2) is 0 Å². The van der Waals surface area contributed by atoms with Gasteiger partial charge in [0.05, 0.1) is 34.5 Å². The van der Waals surface area contributed by atoms with Crippen LogP contribution in [0, 0.1) is 0 Å². The fourth-order valence-electron chi connectivity index (χ4n) is 3.26. The lowest BCUT2D eigenvalue weighted by Gasteiger charge is -2.17. The Morgan fingerprint density at radius 3 is 2.08 bits per heavy atom. The summed E-state index contributed by atoms with van der Waals surface area (Å²) >= 11 is 0. The Hall–Kier alpha value is -2.89. The zero-order valence-electron chi connectivity index (χ0n) is 15.4. The first-order valence-corrected chi connectivity index (χ1v) is 8.38. The van der Waals surface area contributed by atoms with Gasteiger partial charge in [-0.15, -0.1) is 0 Å². The molecule has 6 heteroatoms. The predicted molar refractivity (Wildman–Crippen MR) is 97.6 cm³/mol. The number of ether oxygens (including phenoxy) is 4. The van der Waals surface area contributed by atoms with Gasteiger partial charge in [-0.05, 0) is 48.2 Å². The quantitative estimate of drug-likeness (QED) is 0.860. The average molecular weight is 357 g/mol. The summed E-state index contributed by atoms with van der Waals surface area (Å²) in [6.07, 6.45) is 1.71. The van der Waals surface area contributed by atoms with Gasteiger partial charge >= 0.3 is 0 Å². The third-order valence-corrected chi connectivity index (χ3v) is 4.64. The number of nitrogens with one attached hydrogen (secondary N) is 1. The molecule has 138 valence electrons. The molecule has 0 saturated heterocycles. The lowest BCUT2D eigenvalue weighted by molar-refractivity contribution is 0.0936. The minimum Gasteiger partial charge on any atom is -0.497 e. The lowest BCUT2D eigenvalue weighted by atomic mass is 10.1. The molecule has 1 amide bonds. The maximum atomic E-state index is 12.7. The van der Waals surface area contributed by atoms with Crippen LogP contribution >= 0.6 is 0 Å². The summed E-state index contributed by atoms with van der Waals surface area (Å²) < 4.78 is 21.2. The standard InChI is InChI=1S/C20H23NO5/c1-23-14-7-13(8-15(10-14)24-2)20(22)21-17-6-5-12-9-18(25-3)19(26-4)11-16(12)17/h7-11,17H,5-6H2,1-4H3,(H,21,22). The van der Waals surface area contributed by atoms with Gasteiger partial charge in [0.2, 0.25) is 0 Å². The first-order valence-electron chi connectivity index (χ1n) is 8.38. The van der Waals surface area contributed by atoms with E-state index in [0.717, 1.165) is 24.0 Å². The monoisotopic (exact) mass is 357 g/mol. The molecular weight excluding hydrogens is 334 g/mol. The summed E-state index contributed by atoms with van der Waals surface area (Å²) in [5, 5.41) is 3.10. The third-order valence-electron chi connectivity index (χ3n) is 4.64. The zero-order chi connectivity index (χ0) is 18.7. The van der Waals surface area contributed by atoms with Crippen LogP contribution in [-0.2, 0) is 6.42 Å². The minimum atomic E-state index is -0.171. The second kappa shape index (κ2) is 7.56. The molecule has 26 heavy (non-hydrogen) atoms. The van der Waals surface area contributed by atoms with E-state index < -0.39 is 0 Å². The Morgan fingerprint density at radius 1 is 0.885 bits per heavy atom. The van der Waals surface area contributed by atoms with Crippen LogP contribution in [0.2, 0.25) is 0 Å². The highest BCUT2D eigenvalue weighted by molar-refractivity contribution is 5.95. The van der Waals surface area contributed by atoms with E-state index in [2.05, 4.69) is 5.32 Å². The van der Waals surface area contributed by atoms with Crippen LogP contribution in [-0.4, -0.2) is 34.3 Å². The van der Waals surface area contributed by atoms with Crippen LogP contribution in [0.25, 0.3) is 0 Å². The van der Waals surface area contributed by atoms with Crippen LogP contribution in [0.3, 0.4) is 0 Å². The van der Waals surface area contributed by atoms with Crippen molar-refractivity contribution in [1.82, 2.24) is 5.32 Å². The summed E-state index contributed by atoms with van der Waals surface area (Å²) in [5.41, 5.74) is 2.72. The highest BCUT2D eigenvalue weighted by atomic mass is 16.5. The molecule has 2 aromatic rings. The van der Waals surface area contributed by atoms with E-state index in [4.69, 9.17) is 18.9 Å². The summed E-state index contributed by atoms with van der Waals surface area (Å²) in [6, 6.07) is 8.98. The van der Waals surface area contributed by atoms with Crippen LogP contribution in [0.1, 0.15) is 33.9 Å². The molecule has 0 aliphatic heterocycles. The largest absolute Gasteiger partial charge is 0.497 e. The normalized spacial score (nSPS) is 15.2. The molecule has 0 spiro atoms. The molecule has 0 heterocycles. The Balaban J connectivity index is 1.84. The summed E-state index contributed by atoms with van der Waals surface area (Å²) in [5.74, 6) is 2.35. The highest BCUT2D eigenvalue weighted by Gasteiger charge is 2.27. The molecule has 1 N–H and O–H groups in total. The number of methoxy groups -OCH3 is 4. The van der Waals surface area contributed by atoms with E-state index in [1.165, 1.54) is 0 Å². The van der Waals surface area contributed by atoms with Crippen molar-refractivity contribution >= 4 is 5.91 Å². The molecule has 6 nitrogen and oxygen atoms in total. The molecule has 1 aliphatic rings. The molecule has 3 rings (SSSR count). The van der Waals surface area contributed by atoms with E-state index in [1.807, 2.05) is 12.1 Å². The van der Waals surface area contributed by atoms with Crippen LogP contribution in [0.4, 0.5) is 0 Å². The molecule has 0 fully saturated rings. The number of aryl methyl sites for hydroxylation is 1. The number of benzene rings is 2. The topological polar surface area (TPSA) is 66.0 Å². The number of carbonyl (C=O) groups is 1. The van der Waals surface area contributed by atoms with Crippen LogP contribution in [0.5, 0.6) is 23.0 Å². The van der Waals surface area contributed by atoms with Crippen molar-refractivity contribution in [2.75, 3.05) is 28.4 Å². The Kier molecular flexibility index (Phi) is 5.21. The molecule has 0 bridgehead atoms. The Morgan fingerprint density at radius 2 is 1.50 bits per heavy atom. The van der Waals surface area contributed by atoms with Gasteiger partial charge in [-0.3, -0.25) is 4.79 Å². The molecule has 0 radical (unpaired) electrons. The second-order valence-electron chi connectivity index (χ2n) is 6.07. The Labute approximate surface area is 153 Å². The van der Waals surface area contributed by atoms with Gasteiger partial charge in [0.15, 0.2) is 11.5 Å². The van der Waals surface area contributed by atoms with E-state index in [0.29, 0.717) is 28.6 Å². The van der Waals surface area contributed by atoms with Crippen molar-refractivity contribution < 1.29 is 23.7 Å². The predicted octanol–water partition coefficient (Wildman–Crippen LogP) is 3.14. The number of carbonyl (C=O) groups excluding carboxylic acids is 1. The molecule has 0 aromatic heterocycles. The summed E-state index contributed by atoms with van der Waals surface area (Å²) in [6.45, 7) is 0. The van der Waals surface area contributed by atoms with E-state index in [-0.39, 0.29) is 11.9 Å². The van der Waals surface area contributed by atoms with Crippen molar-refractivity contribution in [3.8, 4) is 23.0 Å². The number of amides is 1. The van der Waals surface area contributed by atoms with Gasteiger partial charge in [0, 0.05) is 11.6 Å². The third kappa shape index (κ3) is 3.40. The molecule has 1 aliphatic carbocycles. The van der Waals surface area contributed by atoms with Crippen LogP contribution in [0.15, 0.2) is 30.3 Å². The molecule has 1 unspecified atom stereocenters. The number of fused-ring (bicyclic) bond motifs is 1. The molecule has 0 saturated carbocycles. The minimum absolute atomic E-state index is 0.0745. The van der Waals surface area contributed by atoms with Crippen molar-refractivity contribution in [2.45, 2.75) is 18.9 Å². The van der Waals surface area contributed by atoms with E-state index in [9.17, 15) is 4.79 Å². The van der Waals surface area contributed by atoms with Gasteiger partial charge in [0.1, 0.15) is 11.5 Å². The van der Waals surface area contributed by atoms with Crippen molar-refractivity contribution in [1.29, 1.82) is 0 Å². The maximum absolute atomic E-state index is 12.7. The number of rotatable bonds is 6. The maximum Gasteiger partial charge on any atom is 0.252 e. The first kappa shape index (κ1) is 17.9. The van der Waals surface area contributed by atoms with E-state index in [1.54, 1.807) is 46.6 Å². The van der Waals surface area contributed by atoms with Crippen molar-refractivity contribution in [2.24, 2.45) is 0 Å². The average Bonchev–Trinajstić information content (AvgIpc) is 3.07. The second-order valence-corrected chi connectivity index (χ2v) is 6.07. The van der Waals surface area contributed by atoms with Crippen molar-refractivity contribution in [3.63, 3.8) is 0 Å². The fourth-order valence-corrected chi connectivity index (χ4v) is 3.26. The smallest absolute Gasteiger partial charge is 0.252 e. The summed E-state index contributed by atoms with van der Waals surface area (Å²) in [7, 11) is 6.34. The van der Waals surface area contributed by atoms with Gasteiger partial charge in [0.25, 0.3) is 5.91 Å². The molecule has 2 aromatic carbocycles. The SMILES string of the molecule is COc1cc(OC)cc(C(=O)NC2CCc3cc(OC)c(OC)cc32)c1. The molecule has 1 atom stereocenters. The van der Waals surface area contributed by atoms with Gasteiger partial charge in [-0.2, -0.15) is 0 Å². The lowest BCUT2D eigenvalue weighted by Crippen LogP contribution is -2.27. The number of hydrogen-bond donors (Lipinski definition) is 1. The van der Waals surface area contributed by atoms with Crippen molar-refractivity contribution in [3.05, 3.63) is 47.0 Å². The van der Waals surface area contributed by atoms with Gasteiger partial charge in [-0.1, -0.05) is 0 Å². The number of hydrogen-bond acceptors (Lipinski definition) is 5. The van der Waals surface area contributed by atoms with E-state index >= 15 is 0 Å². The van der Waals surface area contributed by atoms with Crippen LogP contribution < -0.4 is 24.3 Å².